The fourth-order valence-corrected chi connectivity index (χ4v) is 4.22. The van der Waals surface area contributed by atoms with Gasteiger partial charge < -0.3 is 19.5 Å². The smallest absolute Gasteiger partial charge is 0.347 e. The van der Waals surface area contributed by atoms with Crippen molar-refractivity contribution in [3.8, 4) is 28.5 Å². The molecule has 0 spiro atoms. The molecule has 37 heavy (non-hydrogen) atoms. The average Bonchev–Trinajstić information content (AvgIpc) is 3.32. The minimum Gasteiger partial charge on any atom is -0.497 e. The number of esters is 1. The number of pyridine rings is 1. The summed E-state index contributed by atoms with van der Waals surface area (Å²) in [5, 5.41) is 3.55. The molecule has 0 aliphatic carbocycles. The lowest BCUT2D eigenvalue weighted by Gasteiger charge is -2.13. The highest BCUT2D eigenvalue weighted by Crippen LogP contribution is 2.37. The highest BCUT2D eigenvalue weighted by atomic mass is 16.5. The van der Waals surface area contributed by atoms with Gasteiger partial charge in [0.15, 0.2) is 0 Å². The summed E-state index contributed by atoms with van der Waals surface area (Å²) in [4.78, 5) is 18.2. The molecule has 0 aliphatic heterocycles. The van der Waals surface area contributed by atoms with Crippen molar-refractivity contribution in [2.45, 2.75) is 13.5 Å². The van der Waals surface area contributed by atoms with Crippen molar-refractivity contribution in [2.24, 2.45) is 0 Å². The lowest BCUT2D eigenvalue weighted by Crippen LogP contribution is -2.11. The van der Waals surface area contributed by atoms with Crippen molar-refractivity contribution in [3.05, 3.63) is 108 Å². The Morgan fingerprint density at radius 3 is 2.46 bits per heavy atom. The molecular weight excluding hydrogens is 466 g/mol. The maximum Gasteiger partial charge on any atom is 0.347 e. The maximum atomic E-state index is 13.2. The molecule has 3 aromatic carbocycles. The number of anilines is 1. The Balaban J connectivity index is 1.55. The normalized spacial score (nSPS) is 10.8. The Bertz CT molecular complexity index is 1560. The molecule has 0 fully saturated rings. The Kier molecular flexibility index (Phi) is 6.76. The summed E-state index contributed by atoms with van der Waals surface area (Å²) in [6, 6.07) is 26.5. The molecule has 2 heterocycles. The van der Waals surface area contributed by atoms with Crippen molar-refractivity contribution in [1.29, 1.82) is 0 Å². The van der Waals surface area contributed by atoms with Crippen molar-refractivity contribution in [1.82, 2.24) is 9.38 Å². The molecule has 0 saturated heterocycles. The Labute approximate surface area is 215 Å². The van der Waals surface area contributed by atoms with Gasteiger partial charge in [0.2, 0.25) is 0 Å². The van der Waals surface area contributed by atoms with E-state index in [0.29, 0.717) is 40.6 Å². The molecule has 0 radical (unpaired) electrons. The topological polar surface area (TPSA) is 74.1 Å². The number of fused-ring (bicyclic) bond motifs is 1. The summed E-state index contributed by atoms with van der Waals surface area (Å²) in [6.45, 7) is 2.63. The standard InChI is InChI=1S/C30H27N3O4/c1-20-10-9-17-33-28(20)32-27(29(33)31-19-21-11-5-4-6-12-21)23-13-7-8-14-25(23)37-30(34)24-16-15-22(35-2)18-26(24)36-3/h4-18,31H,19H2,1-3H3. The van der Waals surface area contributed by atoms with Crippen LogP contribution in [0.4, 0.5) is 5.82 Å². The minimum atomic E-state index is -0.536. The number of para-hydroxylation sites is 1. The van der Waals surface area contributed by atoms with Crippen molar-refractivity contribution < 1.29 is 19.0 Å². The zero-order valence-corrected chi connectivity index (χ0v) is 20.9. The van der Waals surface area contributed by atoms with E-state index in [-0.39, 0.29) is 0 Å². The van der Waals surface area contributed by atoms with Crippen LogP contribution < -0.4 is 19.5 Å². The van der Waals surface area contributed by atoms with Gasteiger partial charge in [0, 0.05) is 24.4 Å². The van der Waals surface area contributed by atoms with Crippen LogP contribution >= 0.6 is 0 Å². The predicted molar refractivity (Wildman–Crippen MR) is 144 cm³/mol. The zero-order chi connectivity index (χ0) is 25.8. The summed E-state index contributed by atoms with van der Waals surface area (Å²) in [5.41, 5.74) is 4.69. The largest absolute Gasteiger partial charge is 0.497 e. The molecule has 0 aliphatic rings. The second-order valence-corrected chi connectivity index (χ2v) is 8.48. The van der Waals surface area contributed by atoms with Crippen LogP contribution in [0.5, 0.6) is 17.2 Å². The average molecular weight is 494 g/mol. The fourth-order valence-electron chi connectivity index (χ4n) is 4.22. The number of aromatic nitrogens is 2. The van der Waals surface area contributed by atoms with Crippen LogP contribution in [0.25, 0.3) is 16.9 Å². The third kappa shape index (κ3) is 4.84. The first-order chi connectivity index (χ1) is 18.1. The highest BCUT2D eigenvalue weighted by Gasteiger charge is 2.22. The number of nitrogens with zero attached hydrogens (tertiary/aromatic N) is 2. The van der Waals surface area contributed by atoms with E-state index in [1.54, 1.807) is 31.4 Å². The predicted octanol–water partition coefficient (Wildman–Crippen LogP) is 6.16. The van der Waals surface area contributed by atoms with E-state index in [0.717, 1.165) is 22.6 Å². The van der Waals surface area contributed by atoms with E-state index in [1.165, 1.54) is 7.11 Å². The number of benzene rings is 3. The van der Waals surface area contributed by atoms with E-state index >= 15 is 0 Å². The van der Waals surface area contributed by atoms with Gasteiger partial charge in [-0.2, -0.15) is 0 Å². The van der Waals surface area contributed by atoms with Gasteiger partial charge in [-0.15, -0.1) is 0 Å². The molecule has 5 aromatic rings. The molecule has 1 N–H and O–H groups in total. The van der Waals surface area contributed by atoms with Crippen LogP contribution in [-0.4, -0.2) is 29.6 Å². The van der Waals surface area contributed by atoms with Gasteiger partial charge in [-0.25, -0.2) is 9.78 Å². The second kappa shape index (κ2) is 10.5. The first-order valence-corrected chi connectivity index (χ1v) is 11.9. The summed E-state index contributed by atoms with van der Waals surface area (Å²) in [6.07, 6.45) is 1.98. The molecule has 7 nitrogen and oxygen atoms in total. The minimum absolute atomic E-state index is 0.298. The van der Waals surface area contributed by atoms with Crippen molar-refractivity contribution >= 4 is 17.4 Å². The quantitative estimate of drug-likeness (QED) is 0.206. The number of carbonyl (C=O) groups excluding carboxylic acids is 1. The first kappa shape index (κ1) is 23.9. The molecule has 2 aromatic heterocycles. The van der Waals surface area contributed by atoms with Gasteiger partial charge in [0.25, 0.3) is 0 Å². The van der Waals surface area contributed by atoms with E-state index in [9.17, 15) is 4.79 Å². The number of ether oxygens (including phenoxy) is 3. The Morgan fingerprint density at radius 1 is 0.892 bits per heavy atom. The molecule has 0 amide bonds. The number of rotatable bonds is 8. The fraction of sp³-hybridized carbons (Fsp3) is 0.133. The molecule has 0 atom stereocenters. The molecule has 186 valence electrons. The summed E-state index contributed by atoms with van der Waals surface area (Å²) in [7, 11) is 3.06. The number of methoxy groups -OCH3 is 2. The molecule has 0 saturated carbocycles. The number of hydrogen-bond donors (Lipinski definition) is 1. The molecule has 0 unspecified atom stereocenters. The highest BCUT2D eigenvalue weighted by molar-refractivity contribution is 5.95. The summed E-state index contributed by atoms with van der Waals surface area (Å²) in [5.74, 6) is 1.63. The van der Waals surface area contributed by atoms with E-state index in [1.807, 2.05) is 66.1 Å². The Hall–Kier alpha value is -4.78. The maximum absolute atomic E-state index is 13.2. The van der Waals surface area contributed by atoms with Crippen LogP contribution in [0.15, 0.2) is 91.1 Å². The van der Waals surface area contributed by atoms with Crippen LogP contribution in [-0.2, 0) is 6.54 Å². The third-order valence-electron chi connectivity index (χ3n) is 6.12. The van der Waals surface area contributed by atoms with Crippen molar-refractivity contribution in [2.75, 3.05) is 19.5 Å². The first-order valence-electron chi connectivity index (χ1n) is 11.9. The van der Waals surface area contributed by atoms with Crippen LogP contribution in [0.2, 0.25) is 0 Å². The van der Waals surface area contributed by atoms with Gasteiger partial charge in [-0.3, -0.25) is 4.40 Å². The monoisotopic (exact) mass is 493 g/mol. The molecule has 7 heteroatoms. The lowest BCUT2D eigenvalue weighted by atomic mass is 10.1. The van der Waals surface area contributed by atoms with E-state index in [4.69, 9.17) is 19.2 Å². The Morgan fingerprint density at radius 2 is 1.68 bits per heavy atom. The molecule has 5 rings (SSSR count). The van der Waals surface area contributed by atoms with Crippen molar-refractivity contribution in [3.63, 3.8) is 0 Å². The number of hydrogen-bond acceptors (Lipinski definition) is 6. The van der Waals surface area contributed by atoms with Gasteiger partial charge in [0.05, 0.1) is 14.2 Å². The van der Waals surface area contributed by atoms with Gasteiger partial charge >= 0.3 is 5.97 Å². The summed E-state index contributed by atoms with van der Waals surface area (Å²) >= 11 is 0. The molecule has 0 bridgehead atoms. The van der Waals surface area contributed by atoms with Crippen LogP contribution in [0, 0.1) is 6.92 Å². The molecular formula is C30H27N3O4. The van der Waals surface area contributed by atoms with Gasteiger partial charge in [-0.1, -0.05) is 48.5 Å². The third-order valence-corrected chi connectivity index (χ3v) is 6.12. The van der Waals surface area contributed by atoms with Gasteiger partial charge in [-0.05, 0) is 48.4 Å². The second-order valence-electron chi connectivity index (χ2n) is 8.48. The number of carbonyl (C=O) groups is 1. The zero-order valence-electron chi connectivity index (χ0n) is 20.9. The van der Waals surface area contributed by atoms with Gasteiger partial charge in [0.1, 0.15) is 40.0 Å². The number of nitrogens with one attached hydrogen (secondary N) is 1. The van der Waals surface area contributed by atoms with E-state index in [2.05, 4.69) is 17.4 Å². The lowest BCUT2D eigenvalue weighted by molar-refractivity contribution is 0.0732. The number of aryl methyl sites for hydroxylation is 1. The summed E-state index contributed by atoms with van der Waals surface area (Å²) < 4.78 is 18.6. The van der Waals surface area contributed by atoms with E-state index < -0.39 is 5.97 Å². The van der Waals surface area contributed by atoms with Crippen LogP contribution in [0.1, 0.15) is 21.5 Å². The SMILES string of the molecule is COc1ccc(C(=O)Oc2ccccc2-c2nc3c(C)cccn3c2NCc2ccccc2)c(OC)c1. The van der Waals surface area contributed by atoms with Crippen LogP contribution in [0.3, 0.4) is 0 Å². The number of imidazole rings is 1.